The van der Waals surface area contributed by atoms with Crippen LogP contribution in [-0.4, -0.2) is 14.6 Å². The molecule has 0 bridgehead atoms. The number of nitrogens with one attached hydrogen (secondary N) is 1. The quantitative estimate of drug-likeness (QED) is 0.727. The Morgan fingerprint density at radius 3 is 3.17 bits per heavy atom. The van der Waals surface area contributed by atoms with E-state index in [2.05, 4.69) is 32.8 Å². The highest BCUT2D eigenvalue weighted by molar-refractivity contribution is 14.1. The maximum atomic E-state index is 11.1. The molecule has 2 heterocycles. The summed E-state index contributed by atoms with van der Waals surface area (Å²) in [4.78, 5) is 11.1. The molecule has 0 aliphatic carbocycles. The normalized spacial score (nSPS) is 10.8. The van der Waals surface area contributed by atoms with Crippen LogP contribution in [0, 0.1) is 10.5 Å². The highest BCUT2D eigenvalue weighted by Crippen LogP contribution is 2.10. The molecule has 0 fully saturated rings. The Bertz CT molecular complexity index is 485. The first kappa shape index (κ1) is 7.78. The lowest BCUT2D eigenvalue weighted by Gasteiger charge is -1.96. The van der Waals surface area contributed by atoms with E-state index in [9.17, 15) is 4.79 Å². The van der Waals surface area contributed by atoms with E-state index in [1.807, 2.05) is 13.0 Å². The Hall–Kier alpha value is -0.850. The van der Waals surface area contributed by atoms with Gasteiger partial charge >= 0.3 is 5.69 Å². The van der Waals surface area contributed by atoms with Crippen molar-refractivity contribution in [2.45, 2.75) is 6.92 Å². The van der Waals surface area contributed by atoms with Gasteiger partial charge in [0.25, 0.3) is 0 Å². The van der Waals surface area contributed by atoms with Crippen LogP contribution in [-0.2, 0) is 0 Å². The molecule has 5 heteroatoms. The van der Waals surface area contributed by atoms with Crippen LogP contribution in [0.2, 0.25) is 0 Å². The molecule has 62 valence electrons. The van der Waals surface area contributed by atoms with Gasteiger partial charge < -0.3 is 0 Å². The number of aryl methyl sites for hydroxylation is 1. The van der Waals surface area contributed by atoms with E-state index in [0.29, 0.717) is 5.65 Å². The van der Waals surface area contributed by atoms with Gasteiger partial charge in [0.15, 0.2) is 5.65 Å². The molecular formula is C7H6IN3O. The smallest absolute Gasteiger partial charge is 0.249 e. The molecule has 0 aromatic carbocycles. The van der Waals surface area contributed by atoms with Gasteiger partial charge in [-0.15, -0.1) is 0 Å². The first-order chi connectivity index (χ1) is 5.68. The van der Waals surface area contributed by atoms with Crippen molar-refractivity contribution in [3.05, 3.63) is 31.9 Å². The van der Waals surface area contributed by atoms with Crippen molar-refractivity contribution in [3.8, 4) is 0 Å². The maximum Gasteiger partial charge on any atom is 0.347 e. The third kappa shape index (κ3) is 1.04. The van der Waals surface area contributed by atoms with Crippen molar-refractivity contribution in [2.75, 3.05) is 0 Å². The van der Waals surface area contributed by atoms with Crippen molar-refractivity contribution < 1.29 is 0 Å². The van der Waals surface area contributed by atoms with Crippen molar-refractivity contribution in [3.63, 3.8) is 0 Å². The number of H-pyrrole nitrogens is 1. The molecule has 0 amide bonds. The predicted octanol–water partition coefficient (Wildman–Crippen LogP) is 0.936. The van der Waals surface area contributed by atoms with E-state index in [4.69, 9.17) is 0 Å². The van der Waals surface area contributed by atoms with E-state index in [1.165, 1.54) is 4.40 Å². The fourth-order valence-electron chi connectivity index (χ4n) is 1.02. The number of hydrogen-bond donors (Lipinski definition) is 1. The first-order valence-corrected chi connectivity index (χ1v) is 4.49. The molecule has 0 aliphatic rings. The summed E-state index contributed by atoms with van der Waals surface area (Å²) in [5.41, 5.74) is 1.60. The van der Waals surface area contributed by atoms with Gasteiger partial charge in [-0.1, -0.05) is 0 Å². The van der Waals surface area contributed by atoms with Crippen LogP contribution >= 0.6 is 22.6 Å². The van der Waals surface area contributed by atoms with Gasteiger partial charge in [-0.3, -0.25) is 0 Å². The molecule has 2 rings (SSSR count). The lowest BCUT2D eigenvalue weighted by molar-refractivity contribution is 1.02. The molecule has 2 aromatic rings. The molecule has 0 aliphatic heterocycles. The van der Waals surface area contributed by atoms with E-state index in [0.717, 1.165) is 9.13 Å². The minimum absolute atomic E-state index is 0.192. The largest absolute Gasteiger partial charge is 0.347 e. The zero-order valence-electron chi connectivity index (χ0n) is 6.34. The number of aromatic amines is 1. The van der Waals surface area contributed by atoms with E-state index in [-0.39, 0.29) is 5.69 Å². The number of halogens is 1. The zero-order valence-corrected chi connectivity index (χ0v) is 8.49. The van der Waals surface area contributed by atoms with Gasteiger partial charge in [-0.2, -0.15) is 5.10 Å². The Morgan fingerprint density at radius 2 is 2.42 bits per heavy atom. The molecule has 4 nitrogen and oxygen atoms in total. The van der Waals surface area contributed by atoms with Gasteiger partial charge in [0, 0.05) is 9.77 Å². The van der Waals surface area contributed by atoms with Crippen LogP contribution in [0.3, 0.4) is 0 Å². The average Bonchev–Trinajstić information content (AvgIpc) is 2.35. The highest BCUT2D eigenvalue weighted by Gasteiger charge is 2.01. The summed E-state index contributed by atoms with van der Waals surface area (Å²) in [7, 11) is 0. The number of rotatable bonds is 0. The standard InChI is InChI=1S/C7H6IN3O/c1-4-2-6-9-10-7(12)11(6)3-5(4)8/h2-3H,1H3,(H,10,12). The Morgan fingerprint density at radius 1 is 1.67 bits per heavy atom. The van der Waals surface area contributed by atoms with E-state index in [1.54, 1.807) is 6.20 Å². The van der Waals surface area contributed by atoms with Gasteiger partial charge in [0.05, 0.1) is 0 Å². The van der Waals surface area contributed by atoms with Crippen LogP contribution in [0.25, 0.3) is 5.65 Å². The summed E-state index contributed by atoms with van der Waals surface area (Å²) in [5, 5.41) is 6.23. The number of aromatic nitrogens is 3. The lowest BCUT2D eigenvalue weighted by atomic mass is 10.3. The van der Waals surface area contributed by atoms with Crippen molar-refractivity contribution in [1.82, 2.24) is 14.6 Å². The number of hydrogen-bond acceptors (Lipinski definition) is 2. The maximum absolute atomic E-state index is 11.1. The summed E-state index contributed by atoms with van der Waals surface area (Å²) in [6.07, 6.45) is 1.77. The molecule has 0 radical (unpaired) electrons. The number of fused-ring (bicyclic) bond motifs is 1. The molecule has 0 spiro atoms. The number of nitrogens with zero attached hydrogens (tertiary/aromatic N) is 2. The molecule has 12 heavy (non-hydrogen) atoms. The summed E-state index contributed by atoms with van der Waals surface area (Å²) in [5.74, 6) is 0. The van der Waals surface area contributed by atoms with Crippen LogP contribution < -0.4 is 5.69 Å². The van der Waals surface area contributed by atoms with Crippen molar-refractivity contribution in [2.24, 2.45) is 0 Å². The fraction of sp³-hybridized carbons (Fsp3) is 0.143. The van der Waals surface area contributed by atoms with Crippen molar-refractivity contribution >= 4 is 28.2 Å². The predicted molar refractivity (Wildman–Crippen MR) is 53.3 cm³/mol. The first-order valence-electron chi connectivity index (χ1n) is 3.41. The molecule has 1 N–H and O–H groups in total. The van der Waals surface area contributed by atoms with Gasteiger partial charge in [-0.05, 0) is 41.1 Å². The third-order valence-corrected chi connectivity index (χ3v) is 2.83. The topological polar surface area (TPSA) is 50.2 Å². The summed E-state index contributed by atoms with van der Waals surface area (Å²) in [6.45, 7) is 1.99. The van der Waals surface area contributed by atoms with E-state index < -0.39 is 0 Å². The molecular weight excluding hydrogens is 269 g/mol. The van der Waals surface area contributed by atoms with E-state index >= 15 is 0 Å². The Balaban J connectivity index is 2.97. The Labute approximate surface area is 81.7 Å². The third-order valence-electron chi connectivity index (χ3n) is 1.70. The second-order valence-corrected chi connectivity index (χ2v) is 3.72. The van der Waals surface area contributed by atoms with Gasteiger partial charge in [-0.25, -0.2) is 14.3 Å². The van der Waals surface area contributed by atoms with Gasteiger partial charge in [0.1, 0.15) is 0 Å². The molecule has 0 saturated heterocycles. The van der Waals surface area contributed by atoms with Crippen LogP contribution in [0.15, 0.2) is 17.1 Å². The van der Waals surface area contributed by atoms with Crippen LogP contribution in [0.5, 0.6) is 0 Å². The highest BCUT2D eigenvalue weighted by atomic mass is 127. The number of pyridine rings is 1. The summed E-state index contributed by atoms with van der Waals surface area (Å²) in [6, 6.07) is 1.87. The van der Waals surface area contributed by atoms with Crippen LogP contribution in [0.4, 0.5) is 0 Å². The second kappa shape index (κ2) is 2.58. The average molecular weight is 275 g/mol. The molecule has 0 unspecified atom stereocenters. The van der Waals surface area contributed by atoms with Crippen molar-refractivity contribution in [1.29, 1.82) is 0 Å². The second-order valence-electron chi connectivity index (χ2n) is 2.56. The minimum atomic E-state index is -0.192. The lowest BCUT2D eigenvalue weighted by Crippen LogP contribution is -2.09. The summed E-state index contributed by atoms with van der Waals surface area (Å²) < 4.78 is 2.55. The molecule has 2 aromatic heterocycles. The zero-order chi connectivity index (χ0) is 8.72. The fourth-order valence-corrected chi connectivity index (χ4v) is 1.46. The van der Waals surface area contributed by atoms with Gasteiger partial charge in [0.2, 0.25) is 0 Å². The monoisotopic (exact) mass is 275 g/mol. The Kier molecular flexibility index (Phi) is 1.67. The molecule has 0 saturated carbocycles. The SMILES string of the molecule is Cc1cc2n[nH]c(=O)n2cc1I. The van der Waals surface area contributed by atoms with Crippen LogP contribution in [0.1, 0.15) is 5.56 Å². The minimum Gasteiger partial charge on any atom is -0.249 e. The molecule has 0 atom stereocenters. The summed E-state index contributed by atoms with van der Waals surface area (Å²) >= 11 is 2.19.